The Morgan fingerprint density at radius 3 is 2.65 bits per heavy atom. The zero-order valence-electron chi connectivity index (χ0n) is 11.6. The van der Waals surface area contributed by atoms with E-state index < -0.39 is 18.9 Å². The Labute approximate surface area is 116 Å². The highest BCUT2D eigenvalue weighted by molar-refractivity contribution is 5.66. The first-order chi connectivity index (χ1) is 9.32. The molecule has 0 amide bonds. The lowest BCUT2D eigenvalue weighted by Crippen LogP contribution is -2.28. The number of hydrogen-bond donors (Lipinski definition) is 1. The first-order valence-corrected chi connectivity index (χ1v) is 5.89. The third-order valence-electron chi connectivity index (χ3n) is 1.85. The quantitative estimate of drug-likeness (QED) is 0.167. The Morgan fingerprint density at radius 1 is 1.45 bits per heavy atom. The summed E-state index contributed by atoms with van der Waals surface area (Å²) < 4.78 is 9.10. The van der Waals surface area contributed by atoms with Crippen LogP contribution in [0.5, 0.6) is 0 Å². The number of ether oxygens (including phenoxy) is 2. The minimum Gasteiger partial charge on any atom is -0.569 e. The van der Waals surface area contributed by atoms with E-state index >= 15 is 0 Å². The van der Waals surface area contributed by atoms with E-state index in [9.17, 15) is 14.8 Å². The van der Waals surface area contributed by atoms with Crippen molar-refractivity contribution in [3.8, 4) is 0 Å². The predicted molar refractivity (Wildman–Crippen MR) is 64.2 cm³/mol. The molecule has 0 aromatic carbocycles. The Balaban J connectivity index is 3.83. The number of carboxylic acids is 1. The molecule has 10 nitrogen and oxygen atoms in total. The maximum absolute atomic E-state index is 11.3. The zero-order valence-corrected chi connectivity index (χ0v) is 11.6. The van der Waals surface area contributed by atoms with Crippen LogP contribution in [0.1, 0.15) is 26.7 Å². The summed E-state index contributed by atoms with van der Waals surface area (Å²) in [6.07, 6.45) is -1.01. The summed E-state index contributed by atoms with van der Waals surface area (Å²) in [6.45, 7) is 2.93. The van der Waals surface area contributed by atoms with E-state index in [2.05, 4.69) is 19.6 Å². The molecule has 0 rings (SSSR count). The van der Waals surface area contributed by atoms with Crippen molar-refractivity contribution < 1.29 is 34.0 Å². The first-order valence-electron chi connectivity index (χ1n) is 5.89. The minimum absolute atomic E-state index is 0.0524. The Bertz CT molecular complexity index is 346. The topological polar surface area (TPSA) is 124 Å². The fourth-order valence-corrected chi connectivity index (χ4v) is 0.981. The second kappa shape index (κ2) is 9.64. The van der Waals surface area contributed by atoms with Crippen molar-refractivity contribution in [3.05, 3.63) is 5.21 Å². The van der Waals surface area contributed by atoms with Gasteiger partial charge in [-0.15, -0.1) is 5.01 Å². The van der Waals surface area contributed by atoms with Gasteiger partial charge >= 0.3 is 12.1 Å². The van der Waals surface area contributed by atoms with Gasteiger partial charge in [-0.25, -0.2) is 4.79 Å². The number of carbonyl (C=O) groups is 2. The second-order valence-electron chi connectivity index (χ2n) is 4.02. The van der Waals surface area contributed by atoms with Gasteiger partial charge in [0.2, 0.25) is 5.28 Å². The van der Waals surface area contributed by atoms with Crippen LogP contribution in [0.15, 0.2) is 5.28 Å². The number of rotatable bonds is 9. The maximum Gasteiger partial charge on any atom is 0.511 e. The summed E-state index contributed by atoms with van der Waals surface area (Å²) in [4.78, 5) is 25.8. The molecule has 0 radical (unpaired) electrons. The molecule has 10 heteroatoms. The van der Waals surface area contributed by atoms with E-state index in [0.717, 1.165) is 5.01 Å². The molecule has 0 aliphatic carbocycles. The average molecular weight is 293 g/mol. The van der Waals surface area contributed by atoms with Crippen LogP contribution < -0.4 is 0 Å². The van der Waals surface area contributed by atoms with Crippen LogP contribution in [0.3, 0.4) is 0 Å². The van der Waals surface area contributed by atoms with Gasteiger partial charge in [-0.2, -0.15) is 0 Å². The Morgan fingerprint density at radius 2 is 2.10 bits per heavy atom. The lowest BCUT2D eigenvalue weighted by Gasteiger charge is -2.12. The van der Waals surface area contributed by atoms with Gasteiger partial charge in [-0.1, -0.05) is 0 Å². The van der Waals surface area contributed by atoms with Gasteiger partial charge in [-0.3, -0.25) is 4.79 Å². The summed E-state index contributed by atoms with van der Waals surface area (Å²) in [5.41, 5.74) is 0. The van der Waals surface area contributed by atoms with Gasteiger partial charge in [-0.05, 0) is 20.3 Å². The summed E-state index contributed by atoms with van der Waals surface area (Å²) >= 11 is 0. The number of hydrazine groups is 1. The molecule has 0 bridgehead atoms. The van der Waals surface area contributed by atoms with Crippen molar-refractivity contribution in [3.63, 3.8) is 0 Å². The normalized spacial score (nSPS) is 11.1. The molecule has 0 heterocycles. The highest BCUT2D eigenvalue weighted by Crippen LogP contribution is 1.96. The van der Waals surface area contributed by atoms with Gasteiger partial charge in [0.15, 0.2) is 0 Å². The van der Waals surface area contributed by atoms with Crippen LogP contribution in [0.4, 0.5) is 4.79 Å². The van der Waals surface area contributed by atoms with Crippen molar-refractivity contribution in [1.29, 1.82) is 0 Å². The highest BCUT2D eigenvalue weighted by Gasteiger charge is 2.09. The molecule has 0 aliphatic heterocycles. The monoisotopic (exact) mass is 293 g/mol. The van der Waals surface area contributed by atoms with Crippen molar-refractivity contribution in [2.75, 3.05) is 20.4 Å². The Hall–Kier alpha value is -2.26. The summed E-state index contributed by atoms with van der Waals surface area (Å²) in [5.74, 6) is -0.943. The summed E-state index contributed by atoms with van der Waals surface area (Å²) in [6, 6.07) is 0. The molecule has 116 valence electrons. The average Bonchev–Trinajstić information content (AvgIpc) is 2.32. The SMILES string of the molecule is CC(C)OC(=O)OCON=[N+]([O-])N(C)CCCC(=O)O. The van der Waals surface area contributed by atoms with Crippen molar-refractivity contribution in [1.82, 2.24) is 5.01 Å². The van der Waals surface area contributed by atoms with Crippen LogP contribution in [0, 0.1) is 5.21 Å². The molecule has 0 unspecified atom stereocenters. The highest BCUT2D eigenvalue weighted by atomic mass is 16.8. The molecule has 20 heavy (non-hydrogen) atoms. The second-order valence-corrected chi connectivity index (χ2v) is 4.02. The van der Waals surface area contributed by atoms with E-state index in [0.29, 0.717) is 0 Å². The smallest absolute Gasteiger partial charge is 0.511 e. The molecule has 0 aromatic rings. The van der Waals surface area contributed by atoms with Crippen molar-refractivity contribution in [2.24, 2.45) is 5.28 Å². The largest absolute Gasteiger partial charge is 0.569 e. The Kier molecular flexibility index (Phi) is 8.55. The van der Waals surface area contributed by atoms with Crippen LogP contribution in [0.2, 0.25) is 0 Å². The standard InChI is InChI=1S/C10H19N3O7/c1-8(2)20-10(16)18-7-19-11-13(17)12(3)6-4-5-9(14)15/h8H,4-7H2,1-3H3,(H,14,15). The lowest BCUT2D eigenvalue weighted by molar-refractivity contribution is -0.706. The summed E-state index contributed by atoms with van der Waals surface area (Å²) in [7, 11) is 1.41. The molecular weight excluding hydrogens is 274 g/mol. The molecule has 0 fully saturated rings. The lowest BCUT2D eigenvalue weighted by atomic mass is 10.3. The van der Waals surface area contributed by atoms with E-state index in [1.807, 2.05) is 0 Å². The number of carboxylic acid groups (broad SMARTS) is 1. The number of nitrogens with zero attached hydrogens (tertiary/aromatic N) is 3. The van der Waals surface area contributed by atoms with Crippen LogP contribution in [0.25, 0.3) is 0 Å². The van der Waals surface area contributed by atoms with Crippen LogP contribution in [-0.4, -0.2) is 53.7 Å². The molecule has 0 saturated heterocycles. The fourth-order valence-electron chi connectivity index (χ4n) is 0.981. The van der Waals surface area contributed by atoms with E-state index in [1.165, 1.54) is 7.05 Å². The molecule has 0 spiro atoms. The fraction of sp³-hybridized carbons (Fsp3) is 0.800. The molecule has 0 atom stereocenters. The maximum atomic E-state index is 11.3. The number of carbonyl (C=O) groups excluding carboxylic acids is 1. The van der Waals surface area contributed by atoms with E-state index in [4.69, 9.17) is 5.11 Å². The molecule has 0 saturated carbocycles. The molecule has 1 N–H and O–H groups in total. The third kappa shape index (κ3) is 9.74. The minimum atomic E-state index is -0.943. The zero-order chi connectivity index (χ0) is 15.5. The predicted octanol–water partition coefficient (Wildman–Crippen LogP) is 1.11. The van der Waals surface area contributed by atoms with Crippen LogP contribution in [-0.2, 0) is 19.1 Å². The van der Waals surface area contributed by atoms with Gasteiger partial charge in [0, 0.05) is 6.42 Å². The van der Waals surface area contributed by atoms with E-state index in [-0.39, 0.29) is 30.5 Å². The van der Waals surface area contributed by atoms with Crippen molar-refractivity contribution in [2.45, 2.75) is 32.8 Å². The summed E-state index contributed by atoms with van der Waals surface area (Å²) in [5, 5.41) is 23.9. The third-order valence-corrected chi connectivity index (χ3v) is 1.85. The first kappa shape index (κ1) is 17.7. The van der Waals surface area contributed by atoms with Gasteiger partial charge in [0.05, 0.1) is 24.7 Å². The van der Waals surface area contributed by atoms with Crippen molar-refractivity contribution >= 4 is 12.1 Å². The van der Waals surface area contributed by atoms with Crippen LogP contribution >= 0.6 is 0 Å². The van der Waals surface area contributed by atoms with Gasteiger partial charge in [0.1, 0.15) is 0 Å². The van der Waals surface area contributed by atoms with Gasteiger partial charge in [0.25, 0.3) is 6.79 Å². The molecule has 0 aliphatic rings. The van der Waals surface area contributed by atoms with Gasteiger partial charge < -0.3 is 24.6 Å². The number of hydrogen-bond acceptors (Lipinski definition) is 7. The van der Waals surface area contributed by atoms with E-state index in [1.54, 1.807) is 13.8 Å². The molecule has 0 aromatic heterocycles. The number of aliphatic carboxylic acids is 1. The molecular formula is C10H19N3O7.